The number of benzene rings is 1. The van der Waals surface area contributed by atoms with Crippen molar-refractivity contribution in [2.24, 2.45) is 0 Å². The fraction of sp³-hybridized carbons (Fsp3) is 0.455. The first kappa shape index (κ1) is 13.5. The van der Waals surface area contributed by atoms with Crippen molar-refractivity contribution in [2.45, 2.75) is 30.8 Å². The molecule has 16 heavy (non-hydrogen) atoms. The predicted octanol–water partition coefficient (Wildman–Crippen LogP) is 1.76. The second-order valence-electron chi connectivity index (χ2n) is 3.88. The molecule has 1 atom stereocenters. The van der Waals surface area contributed by atoms with Gasteiger partial charge in [-0.3, -0.25) is 0 Å². The van der Waals surface area contributed by atoms with Gasteiger partial charge in [-0.2, -0.15) is 0 Å². The molecule has 1 aromatic rings. The van der Waals surface area contributed by atoms with Crippen molar-refractivity contribution >= 4 is 22.2 Å². The molecule has 0 amide bonds. The number of hydrogen-bond donors (Lipinski definition) is 1. The van der Waals surface area contributed by atoms with Crippen molar-refractivity contribution < 1.29 is 8.42 Å². The van der Waals surface area contributed by atoms with E-state index in [1.165, 1.54) is 0 Å². The Labute approximate surface area is 103 Å². The van der Waals surface area contributed by atoms with Gasteiger partial charge in [0.2, 0.25) is 0 Å². The van der Waals surface area contributed by atoms with E-state index in [4.69, 9.17) is 0 Å². The van der Waals surface area contributed by atoms with Crippen molar-refractivity contribution in [3.8, 4) is 0 Å². The zero-order valence-electron chi connectivity index (χ0n) is 9.14. The maximum absolute atomic E-state index is 12.0. The van der Waals surface area contributed by atoms with Crippen LogP contribution in [0.2, 0.25) is 0 Å². The smallest absolute Gasteiger partial charge is 0.180 e. The third-order valence-electron chi connectivity index (χ3n) is 2.80. The number of nitrogens with one attached hydrogen (secondary N) is 1. The van der Waals surface area contributed by atoms with E-state index in [1.54, 1.807) is 12.1 Å². The zero-order chi connectivity index (χ0) is 10.9. The molecular weight excluding hydrogens is 246 g/mol. The molecule has 0 fully saturated rings. The normalized spacial score (nSPS) is 22.7. The molecular formula is C11H16ClNO2S. The van der Waals surface area contributed by atoms with Crippen LogP contribution < -0.4 is 5.32 Å². The van der Waals surface area contributed by atoms with Gasteiger partial charge in [0, 0.05) is 12.6 Å². The maximum atomic E-state index is 12.0. The van der Waals surface area contributed by atoms with Crippen LogP contribution in [0.25, 0.3) is 0 Å². The lowest BCUT2D eigenvalue weighted by Crippen LogP contribution is -2.31. The number of rotatable bonds is 1. The van der Waals surface area contributed by atoms with Crippen LogP contribution in [0.15, 0.2) is 29.2 Å². The topological polar surface area (TPSA) is 46.2 Å². The molecule has 0 bridgehead atoms. The largest absolute Gasteiger partial charge is 0.309 e. The first-order valence-electron chi connectivity index (χ1n) is 5.17. The van der Waals surface area contributed by atoms with Gasteiger partial charge in [-0.1, -0.05) is 25.1 Å². The minimum atomic E-state index is -3.10. The van der Waals surface area contributed by atoms with Crippen LogP contribution in [-0.4, -0.2) is 20.2 Å². The molecule has 2 rings (SSSR count). The highest BCUT2D eigenvalue weighted by atomic mass is 35.5. The third kappa shape index (κ3) is 2.56. The quantitative estimate of drug-likeness (QED) is 0.838. The average Bonchev–Trinajstić information content (AvgIpc) is 2.36. The Balaban J connectivity index is 0.00000128. The number of sulfone groups is 1. The molecule has 1 heterocycles. The summed E-state index contributed by atoms with van der Waals surface area (Å²) in [6, 6.07) is 7.30. The summed E-state index contributed by atoms with van der Waals surface area (Å²) < 4.78 is 24.0. The zero-order valence-corrected chi connectivity index (χ0v) is 10.8. The second kappa shape index (κ2) is 5.17. The Morgan fingerprint density at radius 3 is 2.75 bits per heavy atom. The van der Waals surface area contributed by atoms with Gasteiger partial charge < -0.3 is 5.32 Å². The van der Waals surface area contributed by atoms with E-state index in [0.29, 0.717) is 11.4 Å². The van der Waals surface area contributed by atoms with Gasteiger partial charge in [0.25, 0.3) is 0 Å². The van der Waals surface area contributed by atoms with E-state index >= 15 is 0 Å². The van der Waals surface area contributed by atoms with E-state index in [0.717, 1.165) is 12.0 Å². The highest BCUT2D eigenvalue weighted by Crippen LogP contribution is 2.21. The fourth-order valence-electron chi connectivity index (χ4n) is 1.88. The Kier molecular flexibility index (Phi) is 4.35. The molecule has 0 radical (unpaired) electrons. The van der Waals surface area contributed by atoms with Gasteiger partial charge in [0.15, 0.2) is 9.84 Å². The maximum Gasteiger partial charge on any atom is 0.180 e. The van der Waals surface area contributed by atoms with Gasteiger partial charge in [-0.15, -0.1) is 12.4 Å². The van der Waals surface area contributed by atoms with Crippen molar-refractivity contribution in [3.63, 3.8) is 0 Å². The molecule has 1 aliphatic rings. The summed E-state index contributed by atoms with van der Waals surface area (Å²) in [6.45, 7) is 2.65. The molecule has 0 saturated heterocycles. The minimum absolute atomic E-state index is 0. The van der Waals surface area contributed by atoms with Gasteiger partial charge in [0.1, 0.15) is 0 Å². The van der Waals surface area contributed by atoms with Gasteiger partial charge in [0.05, 0.1) is 10.6 Å². The number of hydrogen-bond acceptors (Lipinski definition) is 3. The molecule has 1 unspecified atom stereocenters. The first-order chi connectivity index (χ1) is 7.13. The molecule has 0 aliphatic carbocycles. The lowest BCUT2D eigenvalue weighted by atomic mass is 10.2. The van der Waals surface area contributed by atoms with E-state index in [-0.39, 0.29) is 24.2 Å². The molecule has 1 aliphatic heterocycles. The van der Waals surface area contributed by atoms with Crippen LogP contribution in [0.3, 0.4) is 0 Å². The minimum Gasteiger partial charge on any atom is -0.309 e. The predicted molar refractivity (Wildman–Crippen MR) is 66.7 cm³/mol. The van der Waals surface area contributed by atoms with E-state index in [9.17, 15) is 8.42 Å². The van der Waals surface area contributed by atoms with Crippen LogP contribution in [-0.2, 0) is 16.4 Å². The average molecular weight is 262 g/mol. The molecule has 0 spiro atoms. The van der Waals surface area contributed by atoms with Gasteiger partial charge in [-0.25, -0.2) is 8.42 Å². The van der Waals surface area contributed by atoms with Crippen LogP contribution in [0, 0.1) is 0 Å². The van der Waals surface area contributed by atoms with E-state index < -0.39 is 9.84 Å². The van der Waals surface area contributed by atoms with Crippen molar-refractivity contribution in [1.82, 2.24) is 5.32 Å². The molecule has 0 saturated carbocycles. The summed E-state index contributed by atoms with van der Waals surface area (Å²) in [5.74, 6) is 0.209. The molecule has 1 aromatic carbocycles. The van der Waals surface area contributed by atoms with Gasteiger partial charge >= 0.3 is 0 Å². The molecule has 90 valence electrons. The summed E-state index contributed by atoms with van der Waals surface area (Å²) in [5, 5.41) is 3.26. The lowest BCUT2D eigenvalue weighted by molar-refractivity contribution is 0.530. The van der Waals surface area contributed by atoms with Crippen LogP contribution in [0.1, 0.15) is 18.9 Å². The van der Waals surface area contributed by atoms with Crippen molar-refractivity contribution in [3.05, 3.63) is 29.8 Å². The molecule has 5 heteroatoms. The molecule has 1 N–H and O–H groups in total. The Morgan fingerprint density at radius 1 is 1.38 bits per heavy atom. The SMILES string of the molecule is CCC1CS(=O)(=O)c2ccccc2CN1.Cl. The summed E-state index contributed by atoms with van der Waals surface area (Å²) >= 11 is 0. The fourth-order valence-corrected chi connectivity index (χ4v) is 3.77. The van der Waals surface area contributed by atoms with Crippen LogP contribution in [0.5, 0.6) is 0 Å². The Bertz CT molecular complexity index is 459. The summed E-state index contributed by atoms with van der Waals surface area (Å²) in [6.07, 6.45) is 0.840. The van der Waals surface area contributed by atoms with Crippen molar-refractivity contribution in [2.75, 3.05) is 5.75 Å². The summed E-state index contributed by atoms with van der Waals surface area (Å²) in [4.78, 5) is 0.494. The van der Waals surface area contributed by atoms with Crippen LogP contribution in [0.4, 0.5) is 0 Å². The third-order valence-corrected chi connectivity index (χ3v) is 4.71. The highest BCUT2D eigenvalue weighted by Gasteiger charge is 2.25. The summed E-state index contributed by atoms with van der Waals surface area (Å²) in [7, 11) is -3.10. The monoisotopic (exact) mass is 261 g/mol. The van der Waals surface area contributed by atoms with Gasteiger partial charge in [-0.05, 0) is 18.1 Å². The summed E-state index contributed by atoms with van der Waals surface area (Å²) in [5.41, 5.74) is 0.883. The van der Waals surface area contributed by atoms with E-state index in [1.807, 2.05) is 19.1 Å². The molecule has 0 aromatic heterocycles. The lowest BCUT2D eigenvalue weighted by Gasteiger charge is -2.11. The Morgan fingerprint density at radius 2 is 2.06 bits per heavy atom. The number of fused-ring (bicyclic) bond motifs is 1. The van der Waals surface area contributed by atoms with E-state index in [2.05, 4.69) is 5.32 Å². The van der Waals surface area contributed by atoms with Crippen molar-refractivity contribution in [1.29, 1.82) is 0 Å². The first-order valence-corrected chi connectivity index (χ1v) is 6.83. The number of halogens is 1. The molecule has 3 nitrogen and oxygen atoms in total. The Hall–Kier alpha value is -0.580. The standard InChI is InChI=1S/C11H15NO2S.ClH/c1-2-10-8-15(13,14)11-6-4-3-5-9(11)7-12-10;/h3-6,10,12H,2,7-8H2,1H3;1H. The second-order valence-corrected chi connectivity index (χ2v) is 5.88. The van der Waals surface area contributed by atoms with Crippen LogP contribution >= 0.6 is 12.4 Å². The highest BCUT2D eigenvalue weighted by molar-refractivity contribution is 7.91.